The van der Waals surface area contributed by atoms with Gasteiger partial charge in [-0.05, 0) is 44.1 Å². The molecule has 0 spiro atoms. The third-order valence-corrected chi connectivity index (χ3v) is 5.20. The first-order valence-electron chi connectivity index (χ1n) is 7.26. The summed E-state index contributed by atoms with van der Waals surface area (Å²) in [5.41, 5.74) is 1.84. The van der Waals surface area contributed by atoms with Crippen molar-refractivity contribution in [3.8, 4) is 6.07 Å². The Kier molecular flexibility index (Phi) is 4.04. The molecular weight excluding hydrogens is 272 g/mol. The van der Waals surface area contributed by atoms with E-state index in [2.05, 4.69) is 11.4 Å². The first kappa shape index (κ1) is 13.6. The number of carbonyl (C=O) groups is 1. The fraction of sp³-hybridized carbons (Fsp3) is 0.600. The van der Waals surface area contributed by atoms with Crippen LogP contribution in [0.5, 0.6) is 0 Å². The molecule has 20 heavy (non-hydrogen) atoms. The molecule has 0 aromatic carbocycles. The van der Waals surface area contributed by atoms with Crippen molar-refractivity contribution in [3.63, 3.8) is 0 Å². The van der Waals surface area contributed by atoms with Gasteiger partial charge in [0.15, 0.2) is 0 Å². The molecule has 2 aliphatic rings. The quantitative estimate of drug-likeness (QED) is 0.852. The van der Waals surface area contributed by atoms with Gasteiger partial charge in [-0.15, -0.1) is 11.3 Å². The number of anilines is 1. The van der Waals surface area contributed by atoms with Crippen LogP contribution in [0, 0.1) is 11.3 Å². The second-order valence-electron chi connectivity index (χ2n) is 5.37. The minimum Gasteiger partial charge on any atom is -0.368 e. The second-order valence-corrected chi connectivity index (χ2v) is 6.48. The van der Waals surface area contributed by atoms with Crippen LogP contribution < -0.4 is 5.32 Å². The fourth-order valence-corrected chi connectivity index (χ4v) is 4.17. The molecule has 0 radical (unpaired) electrons. The van der Waals surface area contributed by atoms with Crippen molar-refractivity contribution >= 4 is 22.2 Å². The number of amides is 1. The normalized spacial score (nSPS) is 21.9. The maximum atomic E-state index is 12.1. The zero-order valence-electron chi connectivity index (χ0n) is 11.4. The van der Waals surface area contributed by atoms with Crippen LogP contribution in [-0.2, 0) is 22.4 Å². The van der Waals surface area contributed by atoms with E-state index < -0.39 is 0 Å². The van der Waals surface area contributed by atoms with Gasteiger partial charge in [-0.25, -0.2) is 0 Å². The molecule has 1 saturated heterocycles. The molecule has 1 aliphatic heterocycles. The summed E-state index contributed by atoms with van der Waals surface area (Å²) in [5.74, 6) is -0.101. The molecule has 106 valence electrons. The van der Waals surface area contributed by atoms with Gasteiger partial charge in [0.1, 0.15) is 17.2 Å². The van der Waals surface area contributed by atoms with E-state index in [0.717, 1.165) is 42.7 Å². The number of rotatable bonds is 2. The molecule has 1 N–H and O–H groups in total. The lowest BCUT2D eigenvalue weighted by Crippen LogP contribution is -2.26. The highest BCUT2D eigenvalue weighted by molar-refractivity contribution is 7.16. The second kappa shape index (κ2) is 5.94. The van der Waals surface area contributed by atoms with E-state index in [1.54, 1.807) is 11.3 Å². The monoisotopic (exact) mass is 290 g/mol. The summed E-state index contributed by atoms with van der Waals surface area (Å²) in [6, 6.07) is 2.28. The van der Waals surface area contributed by atoms with E-state index in [9.17, 15) is 10.1 Å². The SMILES string of the molecule is N#Cc1c(NC(=O)[C@H]2CCCO2)sc2c1CCCCC2. The van der Waals surface area contributed by atoms with Crippen LogP contribution in [0.4, 0.5) is 5.00 Å². The lowest BCUT2D eigenvalue weighted by Gasteiger charge is -2.09. The molecule has 1 amide bonds. The van der Waals surface area contributed by atoms with Crippen LogP contribution in [0.2, 0.25) is 0 Å². The maximum Gasteiger partial charge on any atom is 0.254 e. The Bertz CT molecular complexity index is 553. The van der Waals surface area contributed by atoms with E-state index in [1.165, 1.54) is 17.7 Å². The Labute approximate surface area is 122 Å². The standard InChI is InChI=1S/C15H18N2O2S/c16-9-11-10-5-2-1-3-7-13(10)20-15(11)17-14(18)12-6-4-8-19-12/h12H,1-8H2,(H,17,18)/t12-/m1/s1. The number of aryl methyl sites for hydroxylation is 1. The third-order valence-electron chi connectivity index (χ3n) is 3.99. The third kappa shape index (κ3) is 2.58. The van der Waals surface area contributed by atoms with Crippen LogP contribution in [0.15, 0.2) is 0 Å². The number of thiophene rings is 1. The van der Waals surface area contributed by atoms with Gasteiger partial charge in [-0.1, -0.05) is 6.42 Å². The molecule has 0 unspecified atom stereocenters. The summed E-state index contributed by atoms with van der Waals surface area (Å²) in [5, 5.41) is 13.0. The van der Waals surface area contributed by atoms with E-state index in [0.29, 0.717) is 12.2 Å². The Morgan fingerprint density at radius 1 is 1.30 bits per heavy atom. The van der Waals surface area contributed by atoms with E-state index in [-0.39, 0.29) is 12.0 Å². The summed E-state index contributed by atoms with van der Waals surface area (Å²) < 4.78 is 5.39. The molecule has 0 bridgehead atoms. The molecule has 1 aromatic heterocycles. The molecule has 3 rings (SSSR count). The van der Waals surface area contributed by atoms with Gasteiger partial charge in [0, 0.05) is 11.5 Å². The maximum absolute atomic E-state index is 12.1. The van der Waals surface area contributed by atoms with Gasteiger partial charge in [0.2, 0.25) is 0 Å². The Morgan fingerprint density at radius 2 is 2.15 bits per heavy atom. The fourth-order valence-electron chi connectivity index (χ4n) is 2.93. The van der Waals surface area contributed by atoms with Gasteiger partial charge in [0.25, 0.3) is 5.91 Å². The number of nitrogens with zero attached hydrogens (tertiary/aromatic N) is 1. The van der Waals surface area contributed by atoms with Gasteiger partial charge >= 0.3 is 0 Å². The molecule has 5 heteroatoms. The zero-order chi connectivity index (χ0) is 13.9. The van der Waals surface area contributed by atoms with E-state index in [4.69, 9.17) is 4.74 Å². The number of nitrogens with one attached hydrogen (secondary N) is 1. The van der Waals surface area contributed by atoms with E-state index >= 15 is 0 Å². The molecule has 2 heterocycles. The minimum atomic E-state index is -0.344. The van der Waals surface area contributed by atoms with Gasteiger partial charge < -0.3 is 10.1 Å². The largest absolute Gasteiger partial charge is 0.368 e. The van der Waals surface area contributed by atoms with Gasteiger partial charge in [-0.2, -0.15) is 5.26 Å². The van der Waals surface area contributed by atoms with Crippen molar-refractivity contribution in [1.82, 2.24) is 0 Å². The molecule has 1 atom stereocenters. The highest BCUT2D eigenvalue weighted by atomic mass is 32.1. The molecule has 4 nitrogen and oxygen atoms in total. The number of hydrogen-bond acceptors (Lipinski definition) is 4. The smallest absolute Gasteiger partial charge is 0.254 e. The predicted molar refractivity (Wildman–Crippen MR) is 77.9 cm³/mol. The van der Waals surface area contributed by atoms with Crippen LogP contribution in [0.1, 0.15) is 48.1 Å². The Hall–Kier alpha value is -1.38. The minimum absolute atomic E-state index is 0.101. The van der Waals surface area contributed by atoms with Crippen molar-refractivity contribution in [2.75, 3.05) is 11.9 Å². The first-order chi connectivity index (χ1) is 9.79. The van der Waals surface area contributed by atoms with Gasteiger partial charge in [-0.3, -0.25) is 4.79 Å². The number of hydrogen-bond donors (Lipinski definition) is 1. The van der Waals surface area contributed by atoms with Gasteiger partial charge in [0.05, 0.1) is 5.56 Å². The summed E-state index contributed by atoms with van der Waals surface area (Å²) in [4.78, 5) is 13.4. The number of carbonyl (C=O) groups excluding carboxylic acids is 1. The number of fused-ring (bicyclic) bond motifs is 1. The zero-order valence-corrected chi connectivity index (χ0v) is 12.2. The first-order valence-corrected chi connectivity index (χ1v) is 8.08. The molecule has 1 aliphatic carbocycles. The van der Waals surface area contributed by atoms with Crippen LogP contribution in [0.3, 0.4) is 0 Å². The van der Waals surface area contributed by atoms with Crippen molar-refractivity contribution in [1.29, 1.82) is 5.26 Å². The highest BCUT2D eigenvalue weighted by Crippen LogP contribution is 2.37. The Balaban J connectivity index is 1.82. The lowest BCUT2D eigenvalue weighted by molar-refractivity contribution is -0.124. The van der Waals surface area contributed by atoms with Crippen molar-refractivity contribution < 1.29 is 9.53 Å². The summed E-state index contributed by atoms with van der Waals surface area (Å²) >= 11 is 1.58. The highest BCUT2D eigenvalue weighted by Gasteiger charge is 2.26. The topological polar surface area (TPSA) is 62.1 Å². The molecule has 1 fully saturated rings. The number of nitriles is 1. The molecule has 0 saturated carbocycles. The van der Waals surface area contributed by atoms with Crippen molar-refractivity contribution in [2.45, 2.75) is 51.0 Å². The van der Waals surface area contributed by atoms with Crippen molar-refractivity contribution in [2.24, 2.45) is 0 Å². The van der Waals surface area contributed by atoms with Crippen LogP contribution in [0.25, 0.3) is 0 Å². The molecule has 1 aromatic rings. The summed E-state index contributed by atoms with van der Waals surface area (Å²) in [7, 11) is 0. The van der Waals surface area contributed by atoms with E-state index in [1.807, 2.05) is 0 Å². The average Bonchev–Trinajstić information content (AvgIpc) is 3.02. The molecular formula is C15H18N2O2S. The number of ether oxygens (including phenoxy) is 1. The summed E-state index contributed by atoms with van der Waals surface area (Å²) in [6.45, 7) is 0.657. The van der Waals surface area contributed by atoms with Crippen molar-refractivity contribution in [3.05, 3.63) is 16.0 Å². The predicted octanol–water partition coefficient (Wildman–Crippen LogP) is 3.01. The average molecular weight is 290 g/mol. The van der Waals surface area contributed by atoms with Crippen LogP contribution in [-0.4, -0.2) is 18.6 Å². The summed E-state index contributed by atoms with van der Waals surface area (Å²) in [6.07, 6.45) is 6.90. The lowest BCUT2D eigenvalue weighted by atomic mass is 10.1. The Morgan fingerprint density at radius 3 is 2.90 bits per heavy atom. The van der Waals surface area contributed by atoms with Crippen LogP contribution >= 0.6 is 11.3 Å².